The molecule has 1 aromatic carbocycles. The smallest absolute Gasteiger partial charge is 0.410 e. The number of benzene rings is 1. The summed E-state index contributed by atoms with van der Waals surface area (Å²) in [4.78, 5) is 13.5. The third-order valence-electron chi connectivity index (χ3n) is 3.08. The molecule has 1 aliphatic rings. The quantitative estimate of drug-likeness (QED) is 0.864. The minimum atomic E-state index is -0.248. The average molecular weight is 234 g/mol. The third kappa shape index (κ3) is 3.20. The number of amides is 1. The van der Waals surface area contributed by atoms with E-state index in [2.05, 4.69) is 5.32 Å². The molecule has 1 atom stereocenters. The molecule has 0 radical (unpaired) electrons. The Bertz CT molecular complexity index is 361. The maximum absolute atomic E-state index is 11.8. The van der Waals surface area contributed by atoms with Crippen molar-refractivity contribution in [2.24, 2.45) is 0 Å². The molecule has 4 nitrogen and oxygen atoms in total. The van der Waals surface area contributed by atoms with E-state index in [-0.39, 0.29) is 12.1 Å². The minimum absolute atomic E-state index is 0.248. The number of nitrogens with one attached hydrogen (secondary N) is 1. The lowest BCUT2D eigenvalue weighted by atomic mass is 10.2. The van der Waals surface area contributed by atoms with E-state index in [4.69, 9.17) is 4.74 Å². The summed E-state index contributed by atoms with van der Waals surface area (Å²) in [5.74, 6) is 0. The second kappa shape index (κ2) is 5.68. The zero-order valence-electron chi connectivity index (χ0n) is 10.1. The van der Waals surface area contributed by atoms with Crippen molar-refractivity contribution in [2.45, 2.75) is 19.1 Å². The van der Waals surface area contributed by atoms with Gasteiger partial charge >= 0.3 is 6.09 Å². The summed E-state index contributed by atoms with van der Waals surface area (Å²) in [7, 11) is 1.80. The second-order valence-electron chi connectivity index (χ2n) is 4.30. The molecule has 1 saturated heterocycles. The molecule has 2 rings (SSSR count). The molecule has 4 heteroatoms. The Hall–Kier alpha value is -1.55. The van der Waals surface area contributed by atoms with Crippen molar-refractivity contribution < 1.29 is 9.53 Å². The monoisotopic (exact) mass is 234 g/mol. The number of carbonyl (C=O) groups is 1. The Morgan fingerprint density at radius 2 is 2.24 bits per heavy atom. The van der Waals surface area contributed by atoms with Gasteiger partial charge in [-0.1, -0.05) is 30.3 Å². The standard InChI is InChI=1S/C13H18N2O2/c1-15(12-7-8-14-9-12)13(16)17-10-11-5-3-2-4-6-11/h2-6,12,14H,7-10H2,1H3/t12-/m0/s1. The predicted octanol–water partition coefficient (Wildman–Crippen LogP) is 1.62. The Labute approximate surface area is 102 Å². The summed E-state index contributed by atoms with van der Waals surface area (Å²) in [6.45, 7) is 2.17. The highest BCUT2D eigenvalue weighted by Crippen LogP contribution is 2.09. The van der Waals surface area contributed by atoms with Crippen molar-refractivity contribution in [2.75, 3.05) is 20.1 Å². The second-order valence-corrected chi connectivity index (χ2v) is 4.30. The van der Waals surface area contributed by atoms with Crippen molar-refractivity contribution in [3.05, 3.63) is 35.9 Å². The first kappa shape index (κ1) is 11.9. The Kier molecular flexibility index (Phi) is 3.98. The van der Waals surface area contributed by atoms with Crippen molar-refractivity contribution in [3.63, 3.8) is 0 Å². The van der Waals surface area contributed by atoms with Crippen molar-refractivity contribution >= 4 is 6.09 Å². The maximum Gasteiger partial charge on any atom is 0.410 e. The van der Waals surface area contributed by atoms with Gasteiger partial charge in [0.25, 0.3) is 0 Å². The van der Waals surface area contributed by atoms with Gasteiger partial charge in [0.2, 0.25) is 0 Å². The van der Waals surface area contributed by atoms with Gasteiger partial charge in [-0.25, -0.2) is 4.79 Å². The first-order valence-corrected chi connectivity index (χ1v) is 5.91. The molecule has 0 aliphatic carbocycles. The normalized spacial score (nSPS) is 19.0. The van der Waals surface area contributed by atoms with Crippen LogP contribution in [0.15, 0.2) is 30.3 Å². The highest BCUT2D eigenvalue weighted by atomic mass is 16.6. The van der Waals surface area contributed by atoms with Gasteiger partial charge in [-0.15, -0.1) is 0 Å². The predicted molar refractivity (Wildman–Crippen MR) is 65.7 cm³/mol. The molecule has 1 fully saturated rings. The van der Waals surface area contributed by atoms with Crippen LogP contribution in [-0.4, -0.2) is 37.2 Å². The molecule has 1 heterocycles. The summed E-state index contributed by atoms with van der Waals surface area (Å²) in [5.41, 5.74) is 1.01. The Balaban J connectivity index is 1.80. The fourth-order valence-corrected chi connectivity index (χ4v) is 1.94. The van der Waals surface area contributed by atoms with Gasteiger partial charge in [-0.2, -0.15) is 0 Å². The number of hydrogen-bond donors (Lipinski definition) is 1. The van der Waals surface area contributed by atoms with Crippen LogP contribution in [0.4, 0.5) is 4.79 Å². The van der Waals surface area contributed by atoms with Crippen molar-refractivity contribution in [1.82, 2.24) is 10.2 Å². The van der Waals surface area contributed by atoms with Crippen LogP contribution in [-0.2, 0) is 11.3 Å². The SMILES string of the molecule is CN(C(=O)OCc1ccccc1)[C@H]1CCNC1. The van der Waals surface area contributed by atoms with Crippen molar-refractivity contribution in [1.29, 1.82) is 0 Å². The van der Waals surface area contributed by atoms with Gasteiger partial charge in [0, 0.05) is 19.6 Å². The van der Waals surface area contributed by atoms with Gasteiger partial charge in [0.15, 0.2) is 0 Å². The molecule has 92 valence electrons. The topological polar surface area (TPSA) is 41.6 Å². The highest BCUT2D eigenvalue weighted by Gasteiger charge is 2.23. The van der Waals surface area contributed by atoms with E-state index in [1.165, 1.54) is 0 Å². The molecule has 0 bridgehead atoms. The van der Waals surface area contributed by atoms with Crippen LogP contribution in [0.3, 0.4) is 0 Å². The van der Waals surface area contributed by atoms with E-state index < -0.39 is 0 Å². The van der Waals surface area contributed by atoms with Gasteiger partial charge in [0.05, 0.1) is 0 Å². The van der Waals surface area contributed by atoms with E-state index in [0.717, 1.165) is 25.1 Å². The lowest BCUT2D eigenvalue weighted by Crippen LogP contribution is -2.38. The zero-order valence-corrected chi connectivity index (χ0v) is 10.1. The van der Waals surface area contributed by atoms with Gasteiger partial charge in [-0.3, -0.25) is 0 Å². The summed E-state index contributed by atoms with van der Waals surface area (Å²) >= 11 is 0. The minimum Gasteiger partial charge on any atom is -0.445 e. The summed E-state index contributed by atoms with van der Waals surface area (Å²) in [6.07, 6.45) is 0.749. The lowest BCUT2D eigenvalue weighted by molar-refractivity contribution is 0.0936. The number of nitrogens with zero attached hydrogens (tertiary/aromatic N) is 1. The Morgan fingerprint density at radius 1 is 1.47 bits per heavy atom. The first-order valence-electron chi connectivity index (χ1n) is 5.91. The molecule has 17 heavy (non-hydrogen) atoms. The maximum atomic E-state index is 11.8. The summed E-state index contributed by atoms with van der Waals surface area (Å²) < 4.78 is 5.26. The van der Waals surface area contributed by atoms with E-state index in [9.17, 15) is 4.79 Å². The number of likely N-dealkylation sites (N-methyl/N-ethyl adjacent to an activating group) is 1. The molecule has 1 aromatic rings. The van der Waals surface area contributed by atoms with E-state index in [0.29, 0.717) is 6.61 Å². The molecule has 1 amide bonds. The van der Waals surface area contributed by atoms with Crippen LogP contribution >= 0.6 is 0 Å². The number of carbonyl (C=O) groups excluding carboxylic acids is 1. The fourth-order valence-electron chi connectivity index (χ4n) is 1.94. The third-order valence-corrected chi connectivity index (χ3v) is 3.08. The van der Waals surface area contributed by atoms with E-state index in [1.54, 1.807) is 11.9 Å². The molecular formula is C13H18N2O2. The van der Waals surface area contributed by atoms with Gasteiger partial charge < -0.3 is 15.0 Å². The van der Waals surface area contributed by atoms with Crippen LogP contribution < -0.4 is 5.32 Å². The molecule has 0 spiro atoms. The molecule has 1 aliphatic heterocycles. The van der Waals surface area contributed by atoms with E-state index in [1.807, 2.05) is 30.3 Å². The highest BCUT2D eigenvalue weighted by molar-refractivity contribution is 5.67. The van der Waals surface area contributed by atoms with E-state index >= 15 is 0 Å². The molecule has 0 aromatic heterocycles. The van der Waals surface area contributed by atoms with Crippen LogP contribution in [0, 0.1) is 0 Å². The van der Waals surface area contributed by atoms with Crippen LogP contribution in [0.5, 0.6) is 0 Å². The van der Waals surface area contributed by atoms with Crippen LogP contribution in [0.1, 0.15) is 12.0 Å². The zero-order chi connectivity index (χ0) is 12.1. The van der Waals surface area contributed by atoms with Gasteiger partial charge in [0.1, 0.15) is 6.61 Å². The van der Waals surface area contributed by atoms with Gasteiger partial charge in [-0.05, 0) is 18.5 Å². The Morgan fingerprint density at radius 3 is 2.88 bits per heavy atom. The molecule has 1 N–H and O–H groups in total. The van der Waals surface area contributed by atoms with Crippen LogP contribution in [0.25, 0.3) is 0 Å². The lowest BCUT2D eigenvalue weighted by Gasteiger charge is -2.22. The fraction of sp³-hybridized carbons (Fsp3) is 0.462. The van der Waals surface area contributed by atoms with Crippen LogP contribution in [0.2, 0.25) is 0 Å². The molecular weight excluding hydrogens is 216 g/mol. The number of rotatable bonds is 3. The number of ether oxygens (including phenoxy) is 1. The molecule has 0 saturated carbocycles. The average Bonchev–Trinajstić information content (AvgIpc) is 2.90. The summed E-state index contributed by atoms with van der Waals surface area (Å²) in [5, 5.41) is 3.23. The first-order chi connectivity index (χ1) is 8.27. The number of hydrogen-bond acceptors (Lipinski definition) is 3. The molecule has 0 unspecified atom stereocenters. The summed E-state index contributed by atoms with van der Waals surface area (Å²) in [6, 6.07) is 9.98. The largest absolute Gasteiger partial charge is 0.445 e. The van der Waals surface area contributed by atoms with Crippen molar-refractivity contribution in [3.8, 4) is 0 Å².